The second kappa shape index (κ2) is 9.40. The predicted molar refractivity (Wildman–Crippen MR) is 144 cm³/mol. The molecule has 0 radical (unpaired) electrons. The van der Waals surface area contributed by atoms with Gasteiger partial charge in [0.05, 0.1) is 0 Å². The lowest BCUT2D eigenvalue weighted by molar-refractivity contribution is -0.118. The van der Waals surface area contributed by atoms with Gasteiger partial charge in [-0.25, -0.2) is 9.97 Å². The lowest BCUT2D eigenvalue weighted by Gasteiger charge is -2.19. The first-order valence-corrected chi connectivity index (χ1v) is 13.0. The Hall–Kier alpha value is -4.11. The van der Waals surface area contributed by atoms with Crippen LogP contribution in [0.2, 0.25) is 0 Å². The van der Waals surface area contributed by atoms with Crippen LogP contribution in [0.4, 0.5) is 5.82 Å². The van der Waals surface area contributed by atoms with Crippen LogP contribution in [0.3, 0.4) is 0 Å². The molecular weight excluding hydrogens is 460 g/mol. The van der Waals surface area contributed by atoms with Crippen molar-refractivity contribution >= 4 is 17.1 Å². The maximum atomic E-state index is 12.7. The summed E-state index contributed by atoms with van der Waals surface area (Å²) in [5, 5.41) is 0. The molecule has 2 unspecified atom stereocenters. The topological polar surface area (TPSA) is 82.5 Å². The molecule has 2 fully saturated rings. The van der Waals surface area contributed by atoms with Gasteiger partial charge in [-0.15, -0.1) is 0 Å². The number of carbonyl (C=O) groups is 1. The molecule has 2 aromatic heterocycles. The van der Waals surface area contributed by atoms with Crippen LogP contribution in [-0.4, -0.2) is 20.2 Å². The van der Waals surface area contributed by atoms with Gasteiger partial charge in [0.2, 0.25) is 5.78 Å². The van der Waals surface area contributed by atoms with Gasteiger partial charge in [0.25, 0.3) is 0 Å². The lowest BCUT2D eigenvalue weighted by Crippen LogP contribution is -2.15. The van der Waals surface area contributed by atoms with E-state index in [-0.39, 0.29) is 23.0 Å². The van der Waals surface area contributed by atoms with Gasteiger partial charge in [-0.3, -0.25) is 9.20 Å². The third-order valence-electron chi connectivity index (χ3n) is 7.88. The molecule has 2 saturated carbocycles. The number of ketones is 1. The summed E-state index contributed by atoms with van der Waals surface area (Å²) in [5.41, 5.74) is 9.25. The minimum absolute atomic E-state index is 0.0227. The number of nitrogens with zero attached hydrogens (tertiary/aromatic N) is 3. The van der Waals surface area contributed by atoms with Gasteiger partial charge in [-0.2, -0.15) is 0 Å². The van der Waals surface area contributed by atoms with Crippen molar-refractivity contribution in [2.24, 2.45) is 11.3 Å². The van der Waals surface area contributed by atoms with Crippen molar-refractivity contribution in [1.82, 2.24) is 14.4 Å². The van der Waals surface area contributed by atoms with Crippen molar-refractivity contribution in [1.29, 1.82) is 0 Å². The van der Waals surface area contributed by atoms with Crippen LogP contribution in [0.15, 0.2) is 67.0 Å². The van der Waals surface area contributed by atoms with Crippen LogP contribution < -0.4 is 10.5 Å². The summed E-state index contributed by atoms with van der Waals surface area (Å²) >= 11 is 0. The zero-order valence-corrected chi connectivity index (χ0v) is 21.0. The maximum Gasteiger partial charge on any atom is 0.208 e. The Morgan fingerprint density at radius 1 is 1.05 bits per heavy atom. The number of ether oxygens (including phenoxy) is 1. The molecule has 6 nitrogen and oxygen atoms in total. The number of para-hydroxylation sites is 1. The molecule has 2 aliphatic carbocycles. The summed E-state index contributed by atoms with van der Waals surface area (Å²) in [6.45, 7) is 1.74. The number of imidazole rings is 1. The predicted octanol–water partition coefficient (Wildman–Crippen LogP) is 6.42. The molecule has 6 rings (SSSR count). The molecule has 2 aromatic carbocycles. The first-order valence-electron chi connectivity index (χ1n) is 13.0. The van der Waals surface area contributed by atoms with Gasteiger partial charge >= 0.3 is 0 Å². The number of nitrogen functional groups attached to an aromatic ring is 1. The van der Waals surface area contributed by atoms with Gasteiger partial charge in [0.15, 0.2) is 0 Å². The summed E-state index contributed by atoms with van der Waals surface area (Å²) in [4.78, 5) is 22.2. The second-order valence-corrected chi connectivity index (χ2v) is 10.4. The quantitative estimate of drug-likeness (QED) is 0.258. The van der Waals surface area contributed by atoms with E-state index in [2.05, 4.69) is 21.2 Å². The summed E-state index contributed by atoms with van der Waals surface area (Å²) in [5.74, 6) is 8.98. The normalized spacial score (nSPS) is 20.1. The molecule has 0 amide bonds. The highest BCUT2D eigenvalue weighted by Gasteiger charge is 2.49. The van der Waals surface area contributed by atoms with E-state index >= 15 is 0 Å². The van der Waals surface area contributed by atoms with Crippen molar-refractivity contribution in [2.75, 3.05) is 5.73 Å². The van der Waals surface area contributed by atoms with Crippen LogP contribution in [0, 0.1) is 23.2 Å². The van der Waals surface area contributed by atoms with Crippen LogP contribution in [0.1, 0.15) is 57.2 Å². The van der Waals surface area contributed by atoms with Crippen LogP contribution in [0.25, 0.3) is 16.8 Å². The van der Waals surface area contributed by atoms with Gasteiger partial charge < -0.3 is 10.5 Å². The molecule has 0 aliphatic heterocycles. The Bertz CT molecular complexity index is 1510. The van der Waals surface area contributed by atoms with E-state index in [1.54, 1.807) is 13.1 Å². The van der Waals surface area contributed by atoms with E-state index in [0.717, 1.165) is 59.8 Å². The van der Waals surface area contributed by atoms with Crippen LogP contribution in [-0.2, 0) is 4.79 Å². The fourth-order valence-electron chi connectivity index (χ4n) is 5.87. The van der Waals surface area contributed by atoms with Crippen molar-refractivity contribution in [3.63, 3.8) is 0 Å². The molecule has 2 heterocycles. The summed E-state index contributed by atoms with van der Waals surface area (Å²) < 4.78 is 8.08. The summed E-state index contributed by atoms with van der Waals surface area (Å²) in [6.07, 6.45) is 9.79. The largest absolute Gasteiger partial charge is 0.457 e. The van der Waals surface area contributed by atoms with E-state index in [1.807, 2.05) is 60.8 Å². The smallest absolute Gasteiger partial charge is 0.208 e. The highest BCUT2D eigenvalue weighted by atomic mass is 16.5. The van der Waals surface area contributed by atoms with Crippen molar-refractivity contribution in [2.45, 2.75) is 51.4 Å². The molecule has 4 aromatic rings. The summed E-state index contributed by atoms with van der Waals surface area (Å²) in [6, 6.07) is 17.7. The molecule has 2 aliphatic rings. The third-order valence-corrected chi connectivity index (χ3v) is 7.88. The van der Waals surface area contributed by atoms with E-state index in [4.69, 9.17) is 15.5 Å². The average Bonchev–Trinajstić information content (AvgIpc) is 3.61. The third kappa shape index (κ3) is 4.58. The second-order valence-electron chi connectivity index (χ2n) is 10.4. The molecule has 0 saturated heterocycles. The molecule has 6 heteroatoms. The average molecular weight is 491 g/mol. The first kappa shape index (κ1) is 23.3. The molecule has 186 valence electrons. The lowest BCUT2D eigenvalue weighted by atomic mass is 9.87. The highest BCUT2D eigenvalue weighted by Crippen LogP contribution is 2.59. The molecule has 0 bridgehead atoms. The van der Waals surface area contributed by atoms with Crippen molar-refractivity contribution in [3.8, 4) is 34.6 Å². The number of fused-ring (bicyclic) bond motifs is 1. The highest BCUT2D eigenvalue weighted by molar-refractivity contribution is 5.97. The number of anilines is 1. The summed E-state index contributed by atoms with van der Waals surface area (Å²) in [7, 11) is 0. The van der Waals surface area contributed by atoms with E-state index in [0.29, 0.717) is 5.82 Å². The Labute approximate surface area is 216 Å². The number of rotatable bonds is 5. The van der Waals surface area contributed by atoms with E-state index in [9.17, 15) is 4.79 Å². The fraction of sp³-hybridized carbons (Fsp3) is 0.323. The number of carbonyl (C=O) groups excluding carboxylic acids is 1. The Balaban J connectivity index is 1.34. The zero-order valence-electron chi connectivity index (χ0n) is 21.0. The van der Waals surface area contributed by atoms with Gasteiger partial charge in [0.1, 0.15) is 34.4 Å². The Morgan fingerprint density at radius 2 is 1.81 bits per heavy atom. The van der Waals surface area contributed by atoms with Crippen LogP contribution >= 0.6 is 0 Å². The Kier molecular flexibility index (Phi) is 5.92. The first-order chi connectivity index (χ1) is 18.0. The number of nitrogens with two attached hydrogens (primary N) is 1. The fourth-order valence-corrected chi connectivity index (χ4v) is 5.87. The van der Waals surface area contributed by atoms with Gasteiger partial charge in [-0.05, 0) is 93.2 Å². The molecule has 37 heavy (non-hydrogen) atoms. The molecular formula is C31H30N4O2. The monoisotopic (exact) mass is 490 g/mol. The van der Waals surface area contributed by atoms with Crippen LogP contribution in [0.5, 0.6) is 11.5 Å². The van der Waals surface area contributed by atoms with Gasteiger partial charge in [0, 0.05) is 29.8 Å². The minimum Gasteiger partial charge on any atom is -0.457 e. The number of hydrogen-bond acceptors (Lipinski definition) is 5. The SMILES string of the molecule is CC#CC(=O)C1CCC(c2nc(-c3ccc(Oc4ccccc4)cc3)c3c(N)nccn23)CC2(CC2)C1. The van der Waals surface area contributed by atoms with Crippen molar-refractivity contribution < 1.29 is 9.53 Å². The number of hydrogen-bond donors (Lipinski definition) is 1. The van der Waals surface area contributed by atoms with E-state index in [1.165, 1.54) is 12.8 Å². The number of aromatic nitrogens is 3. The standard InChI is InChI=1S/C31H30N4O2/c1-2-6-26(36)22-9-10-23(20-31(19-22)15-16-31)30-34-27(28-29(32)33-17-18-35(28)30)21-11-13-25(14-12-21)37-24-7-4-3-5-8-24/h3-5,7-8,11-14,17-18,22-23H,9-10,15-16,19-20H2,1H3,(H2,32,33). The Morgan fingerprint density at radius 3 is 2.54 bits per heavy atom. The number of Topliss-reactive ketones (excluding diaryl/α,β-unsaturated/α-hetero) is 1. The van der Waals surface area contributed by atoms with Gasteiger partial charge in [-0.1, -0.05) is 24.1 Å². The minimum atomic E-state index is 0.0227. The zero-order chi connectivity index (χ0) is 25.4. The van der Waals surface area contributed by atoms with Crippen molar-refractivity contribution in [3.05, 3.63) is 72.8 Å². The number of benzene rings is 2. The molecule has 1 spiro atoms. The molecule has 2 N–H and O–H groups in total. The maximum absolute atomic E-state index is 12.7. The molecule has 2 atom stereocenters. The van der Waals surface area contributed by atoms with E-state index < -0.39 is 0 Å².